The maximum Gasteiger partial charge on any atom is 0.534 e. The number of hydrogen-bond donors (Lipinski definition) is 1. The average Bonchev–Trinajstić information content (AvgIpc) is 2.35. The number of nitrogens with two attached hydrogens (primary N) is 1. The number of methoxy groups -OCH3 is 2. The van der Waals surface area contributed by atoms with Crippen molar-refractivity contribution in [1.29, 1.82) is 0 Å². The number of oxime groups is 1. The van der Waals surface area contributed by atoms with Crippen molar-refractivity contribution in [3.8, 4) is 5.75 Å². The number of ether oxygens (including phenoxy) is 2. The quantitative estimate of drug-likeness (QED) is 0.273. The highest BCUT2D eigenvalue weighted by molar-refractivity contribution is 5.97. The van der Waals surface area contributed by atoms with Crippen molar-refractivity contribution in [1.82, 2.24) is 0 Å². The molecule has 0 fully saturated rings. The molecule has 0 saturated heterocycles. The van der Waals surface area contributed by atoms with Gasteiger partial charge in [0.05, 0.1) is 14.2 Å². The van der Waals surface area contributed by atoms with Crippen LogP contribution in [-0.2, 0) is 9.57 Å². The minimum atomic E-state index is -0.920. The third-order valence-corrected chi connectivity index (χ3v) is 1.77. The summed E-state index contributed by atoms with van der Waals surface area (Å²) in [5, 5.41) is 3.40. The van der Waals surface area contributed by atoms with Crippen molar-refractivity contribution in [2.24, 2.45) is 10.9 Å². The zero-order valence-electron chi connectivity index (χ0n) is 8.97. The Balaban J connectivity index is 2.71. The van der Waals surface area contributed by atoms with Gasteiger partial charge in [-0.15, -0.1) is 0 Å². The van der Waals surface area contributed by atoms with Crippen molar-refractivity contribution in [3.63, 3.8) is 0 Å². The van der Waals surface area contributed by atoms with Crippen LogP contribution >= 0.6 is 0 Å². The summed E-state index contributed by atoms with van der Waals surface area (Å²) in [6, 6.07) is 6.82. The highest BCUT2D eigenvalue weighted by Gasteiger charge is 2.03. The van der Waals surface area contributed by atoms with Crippen molar-refractivity contribution in [3.05, 3.63) is 29.8 Å². The first-order valence-corrected chi connectivity index (χ1v) is 4.40. The summed E-state index contributed by atoms with van der Waals surface area (Å²) in [4.78, 5) is 15.0. The van der Waals surface area contributed by atoms with E-state index in [1.807, 2.05) is 0 Å². The maximum atomic E-state index is 10.6. The van der Waals surface area contributed by atoms with E-state index in [0.717, 1.165) is 0 Å². The SMILES string of the molecule is COC(=O)O/N=C(\N)c1ccc(OC)cc1. The van der Waals surface area contributed by atoms with Crippen LogP contribution in [0.3, 0.4) is 0 Å². The van der Waals surface area contributed by atoms with Crippen LogP contribution in [0, 0.1) is 0 Å². The molecule has 0 heterocycles. The minimum Gasteiger partial charge on any atom is -0.497 e. The van der Waals surface area contributed by atoms with Crippen molar-refractivity contribution < 1.29 is 19.1 Å². The van der Waals surface area contributed by atoms with E-state index in [0.29, 0.717) is 11.3 Å². The number of carbonyl (C=O) groups is 1. The van der Waals surface area contributed by atoms with Gasteiger partial charge in [-0.25, -0.2) is 4.79 Å². The molecule has 6 heteroatoms. The molecule has 86 valence electrons. The Bertz CT molecular complexity index is 386. The Morgan fingerprint density at radius 3 is 2.38 bits per heavy atom. The molecule has 0 saturated carbocycles. The maximum absolute atomic E-state index is 10.6. The van der Waals surface area contributed by atoms with Crippen molar-refractivity contribution in [2.45, 2.75) is 0 Å². The molecule has 0 amide bonds. The fourth-order valence-corrected chi connectivity index (χ4v) is 0.938. The molecular formula is C10H12N2O4. The lowest BCUT2D eigenvalue weighted by Gasteiger charge is -2.02. The number of rotatable bonds is 3. The first kappa shape index (κ1) is 11.8. The molecule has 1 aromatic rings. The molecule has 0 radical (unpaired) electrons. The topological polar surface area (TPSA) is 83.1 Å². The molecule has 1 aromatic carbocycles. The van der Waals surface area contributed by atoms with Crippen LogP contribution in [0.5, 0.6) is 5.75 Å². The summed E-state index contributed by atoms with van der Waals surface area (Å²) in [5.74, 6) is 0.776. The van der Waals surface area contributed by atoms with Crippen LogP contribution in [-0.4, -0.2) is 26.2 Å². The monoisotopic (exact) mass is 224 g/mol. The van der Waals surface area contributed by atoms with Gasteiger partial charge in [-0.1, -0.05) is 5.16 Å². The zero-order valence-corrected chi connectivity index (χ0v) is 8.97. The highest BCUT2D eigenvalue weighted by Crippen LogP contribution is 2.10. The molecular weight excluding hydrogens is 212 g/mol. The molecule has 0 atom stereocenters. The number of nitrogens with zero attached hydrogens (tertiary/aromatic N) is 1. The molecule has 0 unspecified atom stereocenters. The lowest BCUT2D eigenvalue weighted by atomic mass is 10.2. The smallest absolute Gasteiger partial charge is 0.497 e. The predicted octanol–water partition coefficient (Wildman–Crippen LogP) is 1.10. The van der Waals surface area contributed by atoms with Gasteiger partial charge >= 0.3 is 6.16 Å². The van der Waals surface area contributed by atoms with Crippen LogP contribution in [0.4, 0.5) is 4.79 Å². The van der Waals surface area contributed by atoms with Gasteiger partial charge in [0.2, 0.25) is 0 Å². The van der Waals surface area contributed by atoms with Crippen LogP contribution in [0.2, 0.25) is 0 Å². The van der Waals surface area contributed by atoms with Crippen LogP contribution < -0.4 is 10.5 Å². The molecule has 2 N–H and O–H groups in total. The van der Waals surface area contributed by atoms with E-state index >= 15 is 0 Å². The van der Waals surface area contributed by atoms with E-state index < -0.39 is 6.16 Å². The van der Waals surface area contributed by atoms with E-state index in [9.17, 15) is 4.79 Å². The molecule has 0 aliphatic carbocycles. The molecule has 0 spiro atoms. The standard InChI is InChI=1S/C10H12N2O4/c1-14-8-5-3-7(4-6-8)9(11)12-16-10(13)15-2/h3-6H,1-2H3,(H2,11,12). The Morgan fingerprint density at radius 1 is 1.25 bits per heavy atom. The minimum absolute atomic E-state index is 0.0769. The lowest BCUT2D eigenvalue weighted by Crippen LogP contribution is -2.15. The lowest BCUT2D eigenvalue weighted by molar-refractivity contribution is 0.0753. The second-order valence-electron chi connectivity index (χ2n) is 2.75. The van der Waals surface area contributed by atoms with E-state index in [4.69, 9.17) is 10.5 Å². The van der Waals surface area contributed by atoms with Crippen LogP contribution in [0.1, 0.15) is 5.56 Å². The number of benzene rings is 1. The first-order chi connectivity index (χ1) is 7.67. The number of carbonyl (C=O) groups excluding carboxylic acids is 1. The Labute approximate surface area is 92.6 Å². The summed E-state index contributed by atoms with van der Waals surface area (Å²) in [7, 11) is 2.74. The average molecular weight is 224 g/mol. The van der Waals surface area contributed by atoms with Crippen molar-refractivity contribution in [2.75, 3.05) is 14.2 Å². The summed E-state index contributed by atoms with van der Waals surface area (Å²) in [6.45, 7) is 0. The Morgan fingerprint density at radius 2 is 1.88 bits per heavy atom. The predicted molar refractivity (Wildman–Crippen MR) is 57.2 cm³/mol. The normalized spacial score (nSPS) is 10.8. The molecule has 16 heavy (non-hydrogen) atoms. The zero-order chi connectivity index (χ0) is 12.0. The first-order valence-electron chi connectivity index (χ1n) is 4.40. The summed E-state index contributed by atoms with van der Waals surface area (Å²) in [5.41, 5.74) is 6.18. The van der Waals surface area contributed by atoms with E-state index in [2.05, 4.69) is 14.7 Å². The highest BCUT2D eigenvalue weighted by atomic mass is 16.8. The number of amidine groups is 1. The van der Waals surface area contributed by atoms with Gasteiger partial charge in [-0.2, -0.15) is 0 Å². The second-order valence-corrected chi connectivity index (χ2v) is 2.75. The molecule has 0 aliphatic heterocycles. The van der Waals surface area contributed by atoms with Gasteiger partial charge in [-0.05, 0) is 24.3 Å². The molecule has 6 nitrogen and oxygen atoms in total. The van der Waals surface area contributed by atoms with E-state index in [-0.39, 0.29) is 5.84 Å². The fraction of sp³-hybridized carbons (Fsp3) is 0.200. The second kappa shape index (κ2) is 5.59. The largest absolute Gasteiger partial charge is 0.534 e. The third kappa shape index (κ3) is 3.16. The van der Waals surface area contributed by atoms with Crippen molar-refractivity contribution >= 4 is 12.0 Å². The van der Waals surface area contributed by atoms with Gasteiger partial charge in [0.25, 0.3) is 0 Å². The fourth-order valence-electron chi connectivity index (χ4n) is 0.938. The van der Waals surface area contributed by atoms with E-state index in [1.165, 1.54) is 7.11 Å². The molecule has 0 bridgehead atoms. The third-order valence-electron chi connectivity index (χ3n) is 1.77. The van der Waals surface area contributed by atoms with Gasteiger partial charge in [-0.3, -0.25) is 4.84 Å². The Kier molecular flexibility index (Phi) is 4.14. The Hall–Kier alpha value is -2.24. The summed E-state index contributed by atoms with van der Waals surface area (Å²) < 4.78 is 9.21. The van der Waals surface area contributed by atoms with E-state index in [1.54, 1.807) is 31.4 Å². The van der Waals surface area contributed by atoms with Crippen LogP contribution in [0.15, 0.2) is 29.4 Å². The molecule has 0 aromatic heterocycles. The van der Waals surface area contributed by atoms with Crippen LogP contribution in [0.25, 0.3) is 0 Å². The summed E-state index contributed by atoms with van der Waals surface area (Å²) >= 11 is 0. The number of hydrogen-bond acceptors (Lipinski definition) is 5. The van der Waals surface area contributed by atoms with Gasteiger partial charge in [0, 0.05) is 5.56 Å². The van der Waals surface area contributed by atoms with Gasteiger partial charge < -0.3 is 15.2 Å². The van der Waals surface area contributed by atoms with Gasteiger partial charge in [0.15, 0.2) is 5.84 Å². The molecule has 0 aliphatic rings. The van der Waals surface area contributed by atoms with Gasteiger partial charge in [0.1, 0.15) is 5.75 Å². The molecule has 1 rings (SSSR count). The summed E-state index contributed by atoms with van der Waals surface area (Å²) in [6.07, 6.45) is -0.920.